The Balaban J connectivity index is 3.25. The fourth-order valence-electron chi connectivity index (χ4n) is 0.726. The van der Waals surface area contributed by atoms with Crippen LogP contribution < -0.4 is 0 Å². The van der Waals surface area contributed by atoms with Crippen molar-refractivity contribution < 1.29 is 0 Å². The van der Waals surface area contributed by atoms with Gasteiger partial charge in [0.05, 0.1) is 0 Å². The summed E-state index contributed by atoms with van der Waals surface area (Å²) in [7, 11) is 0. The van der Waals surface area contributed by atoms with Crippen molar-refractivity contribution >= 4 is 11.3 Å². The van der Waals surface area contributed by atoms with Crippen molar-refractivity contribution in [1.82, 2.24) is 0 Å². The Labute approximate surface area is 60.2 Å². The first-order chi connectivity index (χ1) is 4.22. The lowest BCUT2D eigenvalue weighted by Crippen LogP contribution is -1.81. The van der Waals surface area contributed by atoms with Gasteiger partial charge in [-0.05, 0) is 26.3 Å². The summed E-state index contributed by atoms with van der Waals surface area (Å²) >= 11 is 1.77. The Bertz CT molecular complexity index is 196. The molecule has 0 amide bonds. The Morgan fingerprint density at radius 2 is 1.44 bits per heavy atom. The summed E-state index contributed by atoms with van der Waals surface area (Å²) in [4.78, 5) is 0. The minimum Gasteiger partial charge on any atom is -0.0389 e. The van der Waals surface area contributed by atoms with Gasteiger partial charge in [-0.3, -0.25) is 0 Å². The molecule has 0 aliphatic heterocycles. The van der Waals surface area contributed by atoms with Gasteiger partial charge >= 0.3 is 0 Å². The summed E-state index contributed by atoms with van der Waals surface area (Å²) in [6.07, 6.45) is 0. The summed E-state index contributed by atoms with van der Waals surface area (Å²) < 4.78 is 0. The predicted molar refractivity (Wildman–Crippen MR) is 42.9 cm³/mol. The van der Waals surface area contributed by atoms with E-state index in [0.29, 0.717) is 0 Å². The van der Waals surface area contributed by atoms with Crippen LogP contribution in [0.15, 0.2) is 10.8 Å². The van der Waals surface area contributed by atoms with Crippen LogP contribution in [-0.2, 0) is 0 Å². The van der Waals surface area contributed by atoms with Gasteiger partial charge in [0, 0.05) is 11.1 Å². The van der Waals surface area contributed by atoms with Gasteiger partial charge in [-0.1, -0.05) is 0 Å². The molecule has 1 heteroatoms. The quantitative estimate of drug-likeness (QED) is 0.485. The minimum absolute atomic E-state index is 1.40. The van der Waals surface area contributed by atoms with E-state index in [2.05, 4.69) is 31.5 Å². The third kappa shape index (κ3) is 1.28. The second-order valence-electron chi connectivity index (χ2n) is 2.36. The van der Waals surface area contributed by atoms with Crippen LogP contribution in [0, 0.1) is 20.8 Å². The molecular weight excluding hydrogens is 128 g/mol. The van der Waals surface area contributed by atoms with Crippen LogP contribution in [0.3, 0.4) is 0 Å². The van der Waals surface area contributed by atoms with Gasteiger partial charge in [0.25, 0.3) is 0 Å². The highest BCUT2D eigenvalue weighted by Crippen LogP contribution is 2.13. The van der Waals surface area contributed by atoms with Crippen molar-refractivity contribution in [1.29, 1.82) is 0 Å². The smallest absolute Gasteiger partial charge is 0.0389 e. The zero-order chi connectivity index (χ0) is 6.85. The van der Waals surface area contributed by atoms with Gasteiger partial charge in [-0.2, -0.15) is 0 Å². The molecule has 9 heavy (non-hydrogen) atoms. The molecular formula is C8H11S+. The van der Waals surface area contributed by atoms with Crippen molar-refractivity contribution in [2.75, 3.05) is 0 Å². The van der Waals surface area contributed by atoms with E-state index in [1.165, 1.54) is 16.7 Å². The molecule has 0 aliphatic carbocycles. The molecule has 0 atom stereocenters. The molecule has 0 fully saturated rings. The Hall–Kier alpha value is -0.430. The molecule has 1 aromatic heterocycles. The largest absolute Gasteiger partial charge is 0.212 e. The normalized spacial score (nSPS) is 9.67. The Morgan fingerprint density at radius 1 is 1.00 bits per heavy atom. The van der Waals surface area contributed by atoms with Gasteiger partial charge < -0.3 is 0 Å². The SMILES string of the molecule is Cc1c[s+]cc(C)c1C. The first kappa shape index (κ1) is 6.69. The summed E-state index contributed by atoms with van der Waals surface area (Å²) in [6.45, 7) is 6.47. The number of rotatable bonds is 0. The molecule has 0 saturated heterocycles. The zero-order valence-electron chi connectivity index (χ0n) is 6.06. The molecule has 0 radical (unpaired) electrons. The molecule has 1 rings (SSSR count). The Kier molecular flexibility index (Phi) is 1.81. The predicted octanol–water partition coefficient (Wildman–Crippen LogP) is 2.95. The third-order valence-corrected chi connectivity index (χ3v) is 2.65. The van der Waals surface area contributed by atoms with Gasteiger partial charge in [-0.15, -0.1) is 0 Å². The van der Waals surface area contributed by atoms with E-state index < -0.39 is 0 Å². The van der Waals surface area contributed by atoms with Crippen molar-refractivity contribution in [2.24, 2.45) is 0 Å². The lowest BCUT2D eigenvalue weighted by atomic mass is 10.1. The van der Waals surface area contributed by atoms with Crippen molar-refractivity contribution in [3.05, 3.63) is 27.5 Å². The first-order valence-electron chi connectivity index (χ1n) is 3.05. The topological polar surface area (TPSA) is 0 Å². The van der Waals surface area contributed by atoms with E-state index in [1.807, 2.05) is 0 Å². The highest BCUT2D eigenvalue weighted by molar-refractivity contribution is 7.07. The van der Waals surface area contributed by atoms with E-state index >= 15 is 0 Å². The van der Waals surface area contributed by atoms with Crippen LogP contribution in [-0.4, -0.2) is 0 Å². The van der Waals surface area contributed by atoms with Crippen molar-refractivity contribution in [3.63, 3.8) is 0 Å². The van der Waals surface area contributed by atoms with E-state index in [0.717, 1.165) is 0 Å². The van der Waals surface area contributed by atoms with Crippen LogP contribution in [0.5, 0.6) is 0 Å². The highest BCUT2D eigenvalue weighted by Gasteiger charge is 2.00. The monoisotopic (exact) mass is 139 g/mol. The number of hydrogen-bond donors (Lipinski definition) is 0. The van der Waals surface area contributed by atoms with Gasteiger partial charge in [0.1, 0.15) is 0 Å². The van der Waals surface area contributed by atoms with E-state index in [1.54, 1.807) is 11.3 Å². The molecule has 0 aliphatic rings. The Morgan fingerprint density at radius 3 is 1.78 bits per heavy atom. The molecule has 0 unspecified atom stereocenters. The molecule has 0 nitrogen and oxygen atoms in total. The maximum absolute atomic E-state index is 2.18. The molecule has 0 saturated carbocycles. The van der Waals surface area contributed by atoms with Crippen LogP contribution in [0.4, 0.5) is 0 Å². The van der Waals surface area contributed by atoms with Crippen molar-refractivity contribution in [2.45, 2.75) is 20.8 Å². The molecule has 1 aromatic rings. The molecule has 0 aromatic carbocycles. The lowest BCUT2D eigenvalue weighted by Gasteiger charge is -1.93. The van der Waals surface area contributed by atoms with Crippen LogP contribution in [0.25, 0.3) is 0 Å². The maximum atomic E-state index is 2.18. The maximum Gasteiger partial charge on any atom is 0.212 e. The van der Waals surface area contributed by atoms with Crippen LogP contribution in [0.2, 0.25) is 0 Å². The molecule has 0 spiro atoms. The molecule has 1 heterocycles. The number of hydrogen-bond acceptors (Lipinski definition) is 0. The molecule has 0 N–H and O–H groups in total. The summed E-state index contributed by atoms with van der Waals surface area (Å²) in [6, 6.07) is 0. The zero-order valence-corrected chi connectivity index (χ0v) is 6.88. The van der Waals surface area contributed by atoms with Gasteiger partial charge in [0.2, 0.25) is 11.3 Å². The second-order valence-corrected chi connectivity index (χ2v) is 3.11. The average molecular weight is 139 g/mol. The second kappa shape index (κ2) is 2.44. The first-order valence-corrected chi connectivity index (χ1v) is 3.99. The minimum atomic E-state index is 1.40. The van der Waals surface area contributed by atoms with Crippen LogP contribution in [0.1, 0.15) is 16.7 Å². The van der Waals surface area contributed by atoms with Gasteiger partial charge in [-0.25, -0.2) is 0 Å². The molecule has 48 valence electrons. The summed E-state index contributed by atoms with van der Waals surface area (Å²) in [5.41, 5.74) is 4.23. The summed E-state index contributed by atoms with van der Waals surface area (Å²) in [5.74, 6) is 0. The van der Waals surface area contributed by atoms with Crippen molar-refractivity contribution in [3.8, 4) is 0 Å². The molecule has 0 bridgehead atoms. The van der Waals surface area contributed by atoms with Crippen LogP contribution >= 0.6 is 11.3 Å². The summed E-state index contributed by atoms with van der Waals surface area (Å²) in [5, 5.41) is 4.37. The van der Waals surface area contributed by atoms with Gasteiger partial charge in [0.15, 0.2) is 10.8 Å². The van der Waals surface area contributed by atoms with E-state index in [-0.39, 0.29) is 0 Å². The highest BCUT2D eigenvalue weighted by atomic mass is 32.1. The fourth-order valence-corrected chi connectivity index (χ4v) is 1.56. The lowest BCUT2D eigenvalue weighted by molar-refractivity contribution is 1.30. The van der Waals surface area contributed by atoms with E-state index in [4.69, 9.17) is 0 Å². The fraction of sp³-hybridized carbons (Fsp3) is 0.375. The number of aryl methyl sites for hydroxylation is 2. The third-order valence-electron chi connectivity index (χ3n) is 1.67. The standard InChI is InChI=1S/C8H11S/c1-6-4-9-5-7(2)8(6)3/h4-5H,1-3H3/q+1. The average Bonchev–Trinajstić information content (AvgIpc) is 1.83. The van der Waals surface area contributed by atoms with E-state index in [9.17, 15) is 0 Å².